The highest BCUT2D eigenvalue weighted by atomic mass is 35.5. The van der Waals surface area contributed by atoms with Crippen LogP contribution < -0.4 is 5.32 Å². The van der Waals surface area contributed by atoms with E-state index in [0.29, 0.717) is 29.5 Å². The fourth-order valence-electron chi connectivity index (χ4n) is 3.76. The predicted octanol–water partition coefficient (Wildman–Crippen LogP) is 4.18. The maximum Gasteiger partial charge on any atom is 0.410 e. The number of hydrogen-bond donors (Lipinski definition) is 1. The Bertz CT molecular complexity index is 1140. The maximum absolute atomic E-state index is 12.7. The summed E-state index contributed by atoms with van der Waals surface area (Å²) in [6.07, 6.45) is 3.12. The Morgan fingerprint density at radius 1 is 1.19 bits per heavy atom. The number of rotatable bonds is 4. The molecule has 2 aromatic heterocycles. The van der Waals surface area contributed by atoms with E-state index in [-0.39, 0.29) is 18.0 Å². The van der Waals surface area contributed by atoms with Crippen LogP contribution in [0.4, 0.5) is 4.79 Å². The molecule has 1 atom stereocenters. The molecular formula is C23H26ClN5O3. The van der Waals surface area contributed by atoms with Crippen LogP contribution in [0.1, 0.15) is 44.0 Å². The van der Waals surface area contributed by atoms with Crippen molar-refractivity contribution in [2.75, 3.05) is 13.1 Å². The van der Waals surface area contributed by atoms with Gasteiger partial charge in [0.15, 0.2) is 5.65 Å². The average molecular weight is 456 g/mol. The van der Waals surface area contributed by atoms with Gasteiger partial charge < -0.3 is 15.0 Å². The molecule has 9 heteroatoms. The number of amides is 2. The standard InChI is InChI=1S/C23H26ClN5O3/c1-23(2,3)32-22(31)28-12-4-5-17(28)13-26-21(30)16-8-6-15(7-9-16)18-14-25-20-11-10-19(24)27-29(18)20/h6-11,14,17H,4-5,12-13H2,1-3H3,(H,26,30)/t17-/m0/s1. The first-order valence-corrected chi connectivity index (χ1v) is 11.0. The van der Waals surface area contributed by atoms with Crippen molar-refractivity contribution in [1.82, 2.24) is 24.8 Å². The molecule has 3 aromatic rings. The number of fused-ring (bicyclic) bond motifs is 1. The molecule has 3 heterocycles. The Kier molecular flexibility index (Phi) is 6.06. The number of nitrogens with one attached hydrogen (secondary N) is 1. The van der Waals surface area contributed by atoms with Crippen LogP contribution in [0.2, 0.25) is 5.15 Å². The van der Waals surface area contributed by atoms with Crippen molar-refractivity contribution in [3.05, 3.63) is 53.3 Å². The van der Waals surface area contributed by atoms with Crippen LogP contribution in [0.25, 0.3) is 16.9 Å². The third-order valence-corrected chi connectivity index (χ3v) is 5.48. The molecule has 1 aliphatic heterocycles. The molecule has 168 valence electrons. The average Bonchev–Trinajstić information content (AvgIpc) is 3.37. The number of carbonyl (C=O) groups is 2. The molecule has 0 aliphatic carbocycles. The first kappa shape index (κ1) is 22.1. The van der Waals surface area contributed by atoms with Crippen LogP contribution in [0.3, 0.4) is 0 Å². The summed E-state index contributed by atoms with van der Waals surface area (Å²) >= 11 is 6.01. The number of benzene rings is 1. The smallest absolute Gasteiger partial charge is 0.410 e. The second kappa shape index (κ2) is 8.78. The normalized spacial score (nSPS) is 16.4. The molecule has 1 aromatic carbocycles. The number of likely N-dealkylation sites (tertiary alicyclic amines) is 1. The number of ether oxygens (including phenoxy) is 1. The summed E-state index contributed by atoms with van der Waals surface area (Å²) in [7, 11) is 0. The number of carbonyl (C=O) groups excluding carboxylic acids is 2. The van der Waals surface area contributed by atoms with Gasteiger partial charge >= 0.3 is 6.09 Å². The Morgan fingerprint density at radius 3 is 2.66 bits per heavy atom. The molecule has 4 rings (SSSR count). The van der Waals surface area contributed by atoms with E-state index in [9.17, 15) is 9.59 Å². The number of imidazole rings is 1. The highest BCUT2D eigenvalue weighted by Gasteiger charge is 2.32. The van der Waals surface area contributed by atoms with E-state index in [1.165, 1.54) is 0 Å². The topological polar surface area (TPSA) is 88.8 Å². The monoisotopic (exact) mass is 455 g/mol. The Balaban J connectivity index is 1.40. The van der Waals surface area contributed by atoms with Gasteiger partial charge in [0.05, 0.1) is 17.9 Å². The van der Waals surface area contributed by atoms with Gasteiger partial charge in [-0.15, -0.1) is 0 Å². The first-order valence-electron chi connectivity index (χ1n) is 10.6. The minimum absolute atomic E-state index is 0.0675. The first-order chi connectivity index (χ1) is 15.2. The summed E-state index contributed by atoms with van der Waals surface area (Å²) in [6, 6.07) is 10.6. The van der Waals surface area contributed by atoms with Crippen LogP contribution >= 0.6 is 11.6 Å². The summed E-state index contributed by atoms with van der Waals surface area (Å²) in [4.78, 5) is 31.1. The van der Waals surface area contributed by atoms with Crippen molar-refractivity contribution in [2.45, 2.75) is 45.3 Å². The molecular weight excluding hydrogens is 430 g/mol. The van der Waals surface area contributed by atoms with Gasteiger partial charge in [0.25, 0.3) is 5.91 Å². The van der Waals surface area contributed by atoms with Crippen LogP contribution in [0.15, 0.2) is 42.6 Å². The molecule has 0 spiro atoms. The summed E-state index contributed by atoms with van der Waals surface area (Å²) in [5.74, 6) is -0.188. The lowest BCUT2D eigenvalue weighted by Gasteiger charge is -2.28. The van der Waals surface area contributed by atoms with E-state index in [1.54, 1.807) is 39.9 Å². The second-order valence-electron chi connectivity index (χ2n) is 8.83. The highest BCUT2D eigenvalue weighted by Crippen LogP contribution is 2.22. The number of nitrogens with zero attached hydrogens (tertiary/aromatic N) is 4. The number of halogens is 1. The molecule has 1 fully saturated rings. The van der Waals surface area contributed by atoms with Gasteiger partial charge in [-0.2, -0.15) is 5.10 Å². The fraction of sp³-hybridized carbons (Fsp3) is 0.391. The Labute approximate surface area is 191 Å². The molecule has 0 unspecified atom stereocenters. The summed E-state index contributed by atoms with van der Waals surface area (Å²) < 4.78 is 7.15. The van der Waals surface area contributed by atoms with E-state index in [0.717, 1.165) is 24.1 Å². The zero-order valence-electron chi connectivity index (χ0n) is 18.3. The number of hydrogen-bond acceptors (Lipinski definition) is 5. The van der Waals surface area contributed by atoms with Gasteiger partial charge in [-0.1, -0.05) is 23.7 Å². The molecule has 2 amide bonds. The van der Waals surface area contributed by atoms with Gasteiger partial charge in [0.2, 0.25) is 0 Å². The molecule has 0 saturated carbocycles. The van der Waals surface area contributed by atoms with Crippen LogP contribution in [0, 0.1) is 0 Å². The lowest BCUT2D eigenvalue weighted by molar-refractivity contribution is 0.0225. The largest absolute Gasteiger partial charge is 0.444 e. The van der Waals surface area contributed by atoms with Gasteiger partial charge in [0.1, 0.15) is 10.8 Å². The van der Waals surface area contributed by atoms with Crippen molar-refractivity contribution in [2.24, 2.45) is 0 Å². The molecule has 1 saturated heterocycles. The maximum atomic E-state index is 12.7. The highest BCUT2D eigenvalue weighted by molar-refractivity contribution is 6.29. The van der Waals surface area contributed by atoms with Crippen LogP contribution in [0.5, 0.6) is 0 Å². The van der Waals surface area contributed by atoms with Crippen molar-refractivity contribution in [3.63, 3.8) is 0 Å². The second-order valence-corrected chi connectivity index (χ2v) is 9.21. The third-order valence-electron chi connectivity index (χ3n) is 5.28. The molecule has 0 bridgehead atoms. The Morgan fingerprint density at radius 2 is 1.94 bits per heavy atom. The van der Waals surface area contributed by atoms with Gasteiger partial charge in [0, 0.05) is 24.2 Å². The van der Waals surface area contributed by atoms with Crippen molar-refractivity contribution < 1.29 is 14.3 Å². The minimum Gasteiger partial charge on any atom is -0.444 e. The van der Waals surface area contributed by atoms with Crippen molar-refractivity contribution in [3.8, 4) is 11.3 Å². The van der Waals surface area contributed by atoms with E-state index in [4.69, 9.17) is 16.3 Å². The molecule has 0 radical (unpaired) electrons. The molecule has 8 nitrogen and oxygen atoms in total. The molecule has 32 heavy (non-hydrogen) atoms. The van der Waals surface area contributed by atoms with Gasteiger partial charge in [-0.05, 0) is 57.9 Å². The number of aromatic nitrogens is 3. The van der Waals surface area contributed by atoms with Crippen LogP contribution in [-0.2, 0) is 4.74 Å². The zero-order chi connectivity index (χ0) is 22.9. The molecule has 1 aliphatic rings. The predicted molar refractivity (Wildman–Crippen MR) is 122 cm³/mol. The zero-order valence-corrected chi connectivity index (χ0v) is 19.1. The van der Waals surface area contributed by atoms with E-state index >= 15 is 0 Å². The van der Waals surface area contributed by atoms with E-state index in [1.807, 2.05) is 32.9 Å². The fourth-order valence-corrected chi connectivity index (χ4v) is 3.90. The van der Waals surface area contributed by atoms with Gasteiger partial charge in [-0.25, -0.2) is 14.3 Å². The van der Waals surface area contributed by atoms with E-state index in [2.05, 4.69) is 15.4 Å². The summed E-state index contributed by atoms with van der Waals surface area (Å²) in [5, 5.41) is 7.60. The lowest BCUT2D eigenvalue weighted by Crippen LogP contribution is -2.45. The SMILES string of the molecule is CC(C)(C)OC(=O)N1CCC[C@H]1CNC(=O)c1ccc(-c2cnc3ccc(Cl)nn23)cc1. The molecule has 1 N–H and O–H groups in total. The summed E-state index contributed by atoms with van der Waals surface area (Å²) in [6.45, 7) is 6.56. The Hall–Kier alpha value is -3.13. The quantitative estimate of drug-likeness (QED) is 0.637. The van der Waals surface area contributed by atoms with Gasteiger partial charge in [-0.3, -0.25) is 4.79 Å². The lowest BCUT2D eigenvalue weighted by atomic mass is 10.1. The summed E-state index contributed by atoms with van der Waals surface area (Å²) in [5.41, 5.74) is 2.34. The minimum atomic E-state index is -0.545. The van der Waals surface area contributed by atoms with Crippen molar-refractivity contribution in [1.29, 1.82) is 0 Å². The third kappa shape index (κ3) is 4.85. The van der Waals surface area contributed by atoms with E-state index < -0.39 is 5.60 Å². The van der Waals surface area contributed by atoms with Crippen LogP contribution in [-0.4, -0.2) is 56.2 Å². The van der Waals surface area contributed by atoms with Crippen molar-refractivity contribution >= 4 is 29.2 Å².